The van der Waals surface area contributed by atoms with Crippen LogP contribution in [0.15, 0.2) is 18.2 Å². The third-order valence-corrected chi connectivity index (χ3v) is 4.78. The molecule has 0 spiro atoms. The lowest BCUT2D eigenvalue weighted by Crippen LogP contribution is -2.47. The summed E-state index contributed by atoms with van der Waals surface area (Å²) in [4.78, 5) is 24.9. The van der Waals surface area contributed by atoms with Gasteiger partial charge in [0.2, 0.25) is 0 Å². The number of carbonyl (C=O) groups is 2. The number of halogens is 1. The number of urea groups is 1. The average Bonchev–Trinajstić information content (AvgIpc) is 2.39. The number of carboxylic acid groups (broad SMARTS) is 1. The summed E-state index contributed by atoms with van der Waals surface area (Å²) in [6.45, 7) is 5.55. The minimum absolute atomic E-state index is 0.0343. The predicted octanol–water partition coefficient (Wildman–Crippen LogP) is 3.40. The van der Waals surface area contributed by atoms with Crippen molar-refractivity contribution in [2.75, 3.05) is 24.2 Å². The molecule has 1 saturated heterocycles. The molecule has 0 aliphatic carbocycles. The minimum atomic E-state index is -1.05. The second kappa shape index (κ2) is 6.15. The van der Waals surface area contributed by atoms with Gasteiger partial charge in [0, 0.05) is 23.6 Å². The van der Waals surface area contributed by atoms with Crippen LogP contribution in [0, 0.1) is 0 Å². The SMILES string of the molecule is CC1(C)CN(C(=O)Nc2ccc(C(=O)O)cc2Cl)CCS1. The number of nitrogens with one attached hydrogen (secondary N) is 1. The molecule has 1 heterocycles. The first-order chi connectivity index (χ1) is 9.78. The highest BCUT2D eigenvalue weighted by molar-refractivity contribution is 8.00. The van der Waals surface area contributed by atoms with Gasteiger partial charge in [-0.3, -0.25) is 0 Å². The highest BCUT2D eigenvalue weighted by Crippen LogP contribution is 2.30. The molecule has 0 bridgehead atoms. The summed E-state index contributed by atoms with van der Waals surface area (Å²) in [5.74, 6) is -0.156. The van der Waals surface area contributed by atoms with Gasteiger partial charge in [0.05, 0.1) is 16.3 Å². The summed E-state index contributed by atoms with van der Waals surface area (Å²) in [5, 5.41) is 11.8. The van der Waals surface area contributed by atoms with Crippen molar-refractivity contribution in [3.63, 3.8) is 0 Å². The fourth-order valence-corrected chi connectivity index (χ4v) is 3.47. The van der Waals surface area contributed by atoms with Crippen LogP contribution in [0.3, 0.4) is 0 Å². The Kier molecular flexibility index (Phi) is 4.68. The number of hydrogen-bond acceptors (Lipinski definition) is 3. The first-order valence-electron chi connectivity index (χ1n) is 6.51. The Labute approximate surface area is 132 Å². The highest BCUT2D eigenvalue weighted by Gasteiger charge is 2.29. The Balaban J connectivity index is 2.07. The van der Waals surface area contributed by atoms with Crippen molar-refractivity contribution in [3.05, 3.63) is 28.8 Å². The fourth-order valence-electron chi connectivity index (χ4n) is 2.13. The van der Waals surface area contributed by atoms with E-state index in [0.29, 0.717) is 18.8 Å². The van der Waals surface area contributed by atoms with Crippen LogP contribution in [-0.4, -0.2) is 45.6 Å². The third kappa shape index (κ3) is 4.04. The van der Waals surface area contributed by atoms with Crippen LogP contribution in [0.1, 0.15) is 24.2 Å². The molecule has 7 heteroatoms. The summed E-state index contributed by atoms with van der Waals surface area (Å²) in [6, 6.07) is 4.04. The molecule has 2 amide bonds. The van der Waals surface area contributed by atoms with Crippen molar-refractivity contribution in [3.8, 4) is 0 Å². The van der Waals surface area contributed by atoms with Crippen LogP contribution in [-0.2, 0) is 0 Å². The highest BCUT2D eigenvalue weighted by atomic mass is 35.5. The number of benzene rings is 1. The number of rotatable bonds is 2. The van der Waals surface area contributed by atoms with Crippen LogP contribution in [0.2, 0.25) is 5.02 Å². The van der Waals surface area contributed by atoms with Crippen LogP contribution in [0.25, 0.3) is 0 Å². The zero-order valence-electron chi connectivity index (χ0n) is 11.9. The summed E-state index contributed by atoms with van der Waals surface area (Å²) >= 11 is 7.85. The van der Waals surface area contributed by atoms with Gasteiger partial charge in [0.25, 0.3) is 0 Å². The molecule has 0 radical (unpaired) electrons. The summed E-state index contributed by atoms with van der Waals surface area (Å²) in [6.07, 6.45) is 0. The van der Waals surface area contributed by atoms with Crippen molar-refractivity contribution < 1.29 is 14.7 Å². The van der Waals surface area contributed by atoms with Gasteiger partial charge in [-0.05, 0) is 32.0 Å². The van der Waals surface area contributed by atoms with Gasteiger partial charge in [0.1, 0.15) is 0 Å². The molecule has 2 N–H and O–H groups in total. The zero-order chi connectivity index (χ0) is 15.6. The maximum Gasteiger partial charge on any atom is 0.335 e. The number of carboxylic acids is 1. The number of carbonyl (C=O) groups excluding carboxylic acids is 1. The standard InChI is InChI=1S/C14H17ClN2O3S/c1-14(2)8-17(5-6-21-14)13(20)16-11-4-3-9(12(18)19)7-10(11)15/h3-4,7H,5-6,8H2,1-2H3,(H,16,20)(H,18,19). The molecule has 0 saturated carbocycles. The summed E-state index contributed by atoms with van der Waals surface area (Å²) in [7, 11) is 0. The molecule has 0 aromatic heterocycles. The van der Waals surface area contributed by atoms with Crippen molar-refractivity contribution in [1.82, 2.24) is 4.90 Å². The lowest BCUT2D eigenvalue weighted by atomic mass is 10.2. The van der Waals surface area contributed by atoms with E-state index in [1.165, 1.54) is 18.2 Å². The van der Waals surface area contributed by atoms with Gasteiger partial charge in [0.15, 0.2) is 0 Å². The van der Waals surface area contributed by atoms with Gasteiger partial charge >= 0.3 is 12.0 Å². The molecule has 1 aliphatic heterocycles. The van der Waals surface area contributed by atoms with Crippen molar-refractivity contribution in [1.29, 1.82) is 0 Å². The van der Waals surface area contributed by atoms with E-state index in [9.17, 15) is 9.59 Å². The van der Waals surface area contributed by atoms with Crippen molar-refractivity contribution in [2.24, 2.45) is 0 Å². The van der Waals surface area contributed by atoms with E-state index in [-0.39, 0.29) is 21.4 Å². The van der Waals surface area contributed by atoms with E-state index in [0.717, 1.165) is 5.75 Å². The Bertz CT molecular complexity index is 577. The van der Waals surface area contributed by atoms with Crippen LogP contribution >= 0.6 is 23.4 Å². The molecular formula is C14H17ClN2O3S. The lowest BCUT2D eigenvalue weighted by molar-refractivity contribution is 0.0697. The molecule has 1 aliphatic rings. The Morgan fingerprint density at radius 2 is 2.14 bits per heavy atom. The van der Waals surface area contributed by atoms with Crippen LogP contribution in [0.5, 0.6) is 0 Å². The van der Waals surface area contributed by atoms with Gasteiger partial charge in [-0.15, -0.1) is 0 Å². The number of nitrogens with zero attached hydrogens (tertiary/aromatic N) is 1. The van der Waals surface area contributed by atoms with E-state index < -0.39 is 5.97 Å². The summed E-state index contributed by atoms with van der Waals surface area (Å²) in [5.41, 5.74) is 0.510. The van der Waals surface area contributed by atoms with Gasteiger partial charge in [-0.2, -0.15) is 11.8 Å². The lowest BCUT2D eigenvalue weighted by Gasteiger charge is -2.37. The van der Waals surface area contributed by atoms with Crippen molar-refractivity contribution >= 4 is 41.1 Å². The van der Waals surface area contributed by atoms with Crippen LogP contribution < -0.4 is 5.32 Å². The molecule has 1 aromatic rings. The predicted molar refractivity (Wildman–Crippen MR) is 85.5 cm³/mol. The second-order valence-corrected chi connectivity index (χ2v) is 7.67. The maximum atomic E-state index is 12.3. The van der Waals surface area contributed by atoms with E-state index in [2.05, 4.69) is 19.2 Å². The number of amides is 2. The Morgan fingerprint density at radius 3 is 2.71 bits per heavy atom. The Morgan fingerprint density at radius 1 is 1.43 bits per heavy atom. The smallest absolute Gasteiger partial charge is 0.335 e. The first-order valence-corrected chi connectivity index (χ1v) is 7.87. The average molecular weight is 329 g/mol. The van der Waals surface area contributed by atoms with Gasteiger partial charge in [-0.25, -0.2) is 9.59 Å². The maximum absolute atomic E-state index is 12.3. The Hall–Kier alpha value is -1.40. The van der Waals surface area contributed by atoms with Gasteiger partial charge < -0.3 is 15.3 Å². The minimum Gasteiger partial charge on any atom is -0.478 e. The summed E-state index contributed by atoms with van der Waals surface area (Å²) < 4.78 is 0.0343. The normalized spacial score (nSPS) is 17.4. The molecule has 5 nitrogen and oxygen atoms in total. The molecule has 2 rings (SSSR count). The largest absolute Gasteiger partial charge is 0.478 e. The zero-order valence-corrected chi connectivity index (χ0v) is 13.4. The van der Waals surface area contributed by atoms with E-state index in [4.69, 9.17) is 16.7 Å². The molecular weight excluding hydrogens is 312 g/mol. The second-order valence-electron chi connectivity index (χ2n) is 5.46. The molecule has 114 valence electrons. The topological polar surface area (TPSA) is 69.6 Å². The first kappa shape index (κ1) is 16.0. The van der Waals surface area contributed by atoms with E-state index >= 15 is 0 Å². The number of aromatic carboxylic acids is 1. The fraction of sp³-hybridized carbons (Fsp3) is 0.429. The van der Waals surface area contributed by atoms with Crippen molar-refractivity contribution in [2.45, 2.75) is 18.6 Å². The molecule has 21 heavy (non-hydrogen) atoms. The third-order valence-electron chi connectivity index (χ3n) is 3.17. The number of anilines is 1. The monoisotopic (exact) mass is 328 g/mol. The van der Waals surface area contributed by atoms with E-state index in [1.54, 1.807) is 4.90 Å². The molecule has 1 fully saturated rings. The molecule has 1 aromatic carbocycles. The number of thioether (sulfide) groups is 1. The van der Waals surface area contributed by atoms with E-state index in [1.807, 2.05) is 11.8 Å². The van der Waals surface area contributed by atoms with Crippen LogP contribution in [0.4, 0.5) is 10.5 Å². The number of hydrogen-bond donors (Lipinski definition) is 2. The molecule has 0 atom stereocenters. The molecule has 0 unspecified atom stereocenters. The quantitative estimate of drug-likeness (QED) is 0.873. The van der Waals surface area contributed by atoms with Gasteiger partial charge in [-0.1, -0.05) is 11.6 Å².